The van der Waals surface area contributed by atoms with Crippen molar-refractivity contribution in [3.8, 4) is 5.75 Å². The Morgan fingerprint density at radius 3 is 3.00 bits per heavy atom. The van der Waals surface area contributed by atoms with E-state index in [1.807, 2.05) is 6.92 Å². The highest BCUT2D eigenvalue weighted by Gasteiger charge is 2.47. The summed E-state index contributed by atoms with van der Waals surface area (Å²) < 4.78 is 5.95. The summed E-state index contributed by atoms with van der Waals surface area (Å²) in [5.41, 5.74) is 0.793. The van der Waals surface area contributed by atoms with Gasteiger partial charge in [0.25, 0.3) is 0 Å². The predicted molar refractivity (Wildman–Crippen MR) is 56.1 cm³/mol. The number of nitrogens with one attached hydrogen (secondary N) is 2. The van der Waals surface area contributed by atoms with E-state index in [2.05, 4.69) is 10.3 Å². The van der Waals surface area contributed by atoms with Crippen LogP contribution in [0.15, 0.2) is 16.9 Å². The number of hydrogen-bond acceptors (Lipinski definition) is 3. The van der Waals surface area contributed by atoms with Crippen LogP contribution >= 0.6 is 0 Å². The lowest BCUT2D eigenvalue weighted by molar-refractivity contribution is 0.182. The molecule has 0 amide bonds. The van der Waals surface area contributed by atoms with Crippen LogP contribution in [0.2, 0.25) is 0 Å². The Morgan fingerprint density at radius 1 is 1.47 bits per heavy atom. The summed E-state index contributed by atoms with van der Waals surface area (Å²) in [7, 11) is 0. The second-order valence-electron chi connectivity index (χ2n) is 4.49. The van der Waals surface area contributed by atoms with Gasteiger partial charge in [0.05, 0.1) is 5.69 Å². The van der Waals surface area contributed by atoms with Crippen LogP contribution in [-0.4, -0.2) is 17.1 Å². The van der Waals surface area contributed by atoms with Crippen molar-refractivity contribution < 1.29 is 4.74 Å². The molecule has 3 rings (SSSR count). The zero-order valence-corrected chi connectivity index (χ0v) is 8.67. The van der Waals surface area contributed by atoms with Crippen molar-refractivity contribution >= 4 is 0 Å². The molecule has 2 heterocycles. The Labute approximate surface area is 87.7 Å². The summed E-state index contributed by atoms with van der Waals surface area (Å²) in [5.74, 6) is 0.824. The molecule has 0 saturated heterocycles. The van der Waals surface area contributed by atoms with E-state index in [0.29, 0.717) is 0 Å². The fourth-order valence-corrected chi connectivity index (χ4v) is 2.02. The van der Waals surface area contributed by atoms with Crippen molar-refractivity contribution in [1.82, 2.24) is 10.3 Å². The molecule has 1 atom stereocenters. The lowest BCUT2D eigenvalue weighted by atomic mass is 10.2. The molecule has 2 N–H and O–H groups in total. The molecule has 4 heteroatoms. The first-order valence-corrected chi connectivity index (χ1v) is 5.34. The molecule has 0 unspecified atom stereocenters. The van der Waals surface area contributed by atoms with Gasteiger partial charge in [0.2, 0.25) is 5.56 Å². The third-order valence-electron chi connectivity index (χ3n) is 3.21. The Balaban J connectivity index is 2.08. The normalized spacial score (nSPS) is 26.6. The minimum Gasteiger partial charge on any atom is -0.484 e. The quantitative estimate of drug-likeness (QED) is 0.664. The molecule has 1 aromatic heterocycles. The zero-order chi connectivity index (χ0) is 10.5. The van der Waals surface area contributed by atoms with Crippen LogP contribution in [0, 0.1) is 0 Å². The topological polar surface area (TPSA) is 54.1 Å². The predicted octanol–water partition coefficient (Wildman–Crippen LogP) is 0.950. The molecular formula is C11H14N2O2. The molecule has 80 valence electrons. The lowest BCUT2D eigenvalue weighted by Crippen LogP contribution is -2.31. The highest BCUT2D eigenvalue weighted by molar-refractivity contribution is 5.32. The average Bonchev–Trinajstić information content (AvgIpc) is 2.99. The van der Waals surface area contributed by atoms with Gasteiger partial charge in [-0.1, -0.05) is 0 Å². The van der Waals surface area contributed by atoms with Gasteiger partial charge in [-0.3, -0.25) is 4.79 Å². The van der Waals surface area contributed by atoms with Crippen LogP contribution in [0.5, 0.6) is 5.75 Å². The Hall–Kier alpha value is -1.29. The maximum absolute atomic E-state index is 11.2. The lowest BCUT2D eigenvalue weighted by Gasteiger charge is -2.14. The number of aromatic nitrogens is 1. The fraction of sp³-hybridized carbons (Fsp3) is 0.545. The highest BCUT2D eigenvalue weighted by atomic mass is 16.5. The smallest absolute Gasteiger partial charge is 0.248 e. The number of rotatable bonds is 0. The number of pyridine rings is 1. The van der Waals surface area contributed by atoms with Crippen LogP contribution < -0.4 is 15.6 Å². The second kappa shape index (κ2) is 2.85. The van der Waals surface area contributed by atoms with E-state index >= 15 is 0 Å². The van der Waals surface area contributed by atoms with E-state index in [4.69, 9.17) is 4.74 Å². The number of aromatic amines is 1. The van der Waals surface area contributed by atoms with Crippen LogP contribution in [0.4, 0.5) is 0 Å². The first-order valence-electron chi connectivity index (χ1n) is 5.34. The Kier molecular flexibility index (Phi) is 1.71. The van der Waals surface area contributed by atoms with Gasteiger partial charge in [0, 0.05) is 18.7 Å². The van der Waals surface area contributed by atoms with Crippen LogP contribution in [0.3, 0.4) is 0 Å². The van der Waals surface area contributed by atoms with Gasteiger partial charge in [-0.25, -0.2) is 0 Å². The van der Waals surface area contributed by atoms with Gasteiger partial charge < -0.3 is 15.0 Å². The third-order valence-corrected chi connectivity index (χ3v) is 3.21. The van der Waals surface area contributed by atoms with Crippen LogP contribution in [0.25, 0.3) is 0 Å². The highest BCUT2D eigenvalue weighted by Crippen LogP contribution is 2.43. The molecule has 1 fully saturated rings. The summed E-state index contributed by atoms with van der Waals surface area (Å²) in [6.07, 6.45) is 2.20. The van der Waals surface area contributed by atoms with Crippen molar-refractivity contribution in [3.63, 3.8) is 0 Å². The molecular weight excluding hydrogens is 192 g/mol. The van der Waals surface area contributed by atoms with Gasteiger partial charge in [0.15, 0.2) is 0 Å². The van der Waals surface area contributed by atoms with E-state index in [1.165, 1.54) is 6.07 Å². The fourth-order valence-electron chi connectivity index (χ4n) is 2.02. The monoisotopic (exact) mass is 206 g/mol. The molecule has 4 nitrogen and oxygen atoms in total. The maximum atomic E-state index is 11.2. The van der Waals surface area contributed by atoms with Gasteiger partial charge in [-0.15, -0.1) is 0 Å². The summed E-state index contributed by atoms with van der Waals surface area (Å²) in [4.78, 5) is 14.1. The molecule has 1 aliphatic heterocycles. The van der Waals surface area contributed by atoms with Gasteiger partial charge in [-0.05, 0) is 25.8 Å². The Bertz CT molecular complexity index is 448. The van der Waals surface area contributed by atoms with E-state index in [0.717, 1.165) is 30.8 Å². The summed E-state index contributed by atoms with van der Waals surface area (Å²) in [6.45, 7) is 2.91. The van der Waals surface area contributed by atoms with Crippen molar-refractivity contribution in [2.45, 2.75) is 31.4 Å². The maximum Gasteiger partial charge on any atom is 0.248 e. The molecule has 15 heavy (non-hydrogen) atoms. The average molecular weight is 206 g/mol. The molecule has 1 saturated carbocycles. The van der Waals surface area contributed by atoms with E-state index in [-0.39, 0.29) is 17.2 Å². The number of fused-ring (bicyclic) bond motifs is 1. The number of hydrogen-bond donors (Lipinski definition) is 2. The number of H-pyrrole nitrogens is 1. The van der Waals surface area contributed by atoms with Gasteiger partial charge in [0.1, 0.15) is 11.4 Å². The van der Waals surface area contributed by atoms with E-state index in [1.54, 1.807) is 6.07 Å². The Morgan fingerprint density at radius 2 is 2.27 bits per heavy atom. The van der Waals surface area contributed by atoms with Gasteiger partial charge >= 0.3 is 0 Å². The van der Waals surface area contributed by atoms with Gasteiger partial charge in [-0.2, -0.15) is 0 Å². The van der Waals surface area contributed by atoms with E-state index < -0.39 is 0 Å². The largest absolute Gasteiger partial charge is 0.484 e. The first-order chi connectivity index (χ1) is 7.19. The summed E-state index contributed by atoms with van der Waals surface area (Å²) in [6, 6.07) is 3.44. The minimum absolute atomic E-state index is 0.00223. The minimum atomic E-state index is -0.0715. The molecule has 0 bridgehead atoms. The molecule has 1 aromatic rings. The summed E-state index contributed by atoms with van der Waals surface area (Å²) >= 11 is 0. The standard InChI is InChI=1S/C11H14N2O2/c1-7-10-8(2-3-9(14)13-10)15-11(4-5-11)6-12-7/h2-3,7,12H,4-6H2,1H3,(H,13,14)/t7-/m0/s1. The van der Waals surface area contributed by atoms with E-state index in [9.17, 15) is 4.79 Å². The van der Waals surface area contributed by atoms with Crippen LogP contribution in [0.1, 0.15) is 31.5 Å². The van der Waals surface area contributed by atoms with Crippen LogP contribution in [-0.2, 0) is 0 Å². The molecule has 2 aliphatic rings. The third kappa shape index (κ3) is 1.45. The summed E-state index contributed by atoms with van der Waals surface area (Å²) in [5, 5.41) is 3.39. The molecule has 1 aliphatic carbocycles. The van der Waals surface area contributed by atoms with Crippen molar-refractivity contribution in [2.75, 3.05) is 6.54 Å². The zero-order valence-electron chi connectivity index (χ0n) is 8.67. The molecule has 1 spiro atoms. The van der Waals surface area contributed by atoms with Crippen molar-refractivity contribution in [2.24, 2.45) is 0 Å². The SMILES string of the molecule is C[C@@H]1NCC2(CC2)Oc2ccc(=O)[nH]c21. The number of ether oxygens (including phenoxy) is 1. The van der Waals surface area contributed by atoms with Crippen molar-refractivity contribution in [1.29, 1.82) is 0 Å². The first kappa shape index (κ1) is 8.97. The second-order valence-corrected chi connectivity index (χ2v) is 4.49. The molecule has 0 aromatic carbocycles. The van der Waals surface area contributed by atoms with Crippen molar-refractivity contribution in [3.05, 3.63) is 28.2 Å². The molecule has 0 radical (unpaired) electrons.